The summed E-state index contributed by atoms with van der Waals surface area (Å²) in [5.74, 6) is 0.724. The fourth-order valence-electron chi connectivity index (χ4n) is 2.92. The molecule has 1 aromatic carbocycles. The van der Waals surface area contributed by atoms with Gasteiger partial charge in [-0.05, 0) is 76.4 Å². The van der Waals surface area contributed by atoms with Crippen molar-refractivity contribution in [1.82, 2.24) is 5.32 Å². The number of aryl methyl sites for hydroxylation is 1. The molecule has 0 radical (unpaired) electrons. The molecule has 1 aliphatic rings. The highest BCUT2D eigenvalue weighted by Gasteiger charge is 2.19. The maximum atomic E-state index is 9.05. The first-order valence-corrected chi connectivity index (χ1v) is 7.60. The Labute approximate surface area is 122 Å². The second kappa shape index (κ2) is 6.76. The van der Waals surface area contributed by atoms with Gasteiger partial charge in [0.1, 0.15) is 0 Å². The molecule has 0 spiro atoms. The number of hydrogen-bond acceptors (Lipinski definition) is 3. The number of rotatable bonds is 4. The molecule has 2 rings (SSSR count). The topological polar surface area (TPSA) is 39.1 Å². The summed E-state index contributed by atoms with van der Waals surface area (Å²) in [6.07, 6.45) is 2.59. The van der Waals surface area contributed by atoms with Gasteiger partial charge < -0.3 is 10.2 Å². The molecule has 1 aromatic rings. The molecule has 3 nitrogen and oxygen atoms in total. The van der Waals surface area contributed by atoms with Crippen LogP contribution in [0.3, 0.4) is 0 Å². The van der Waals surface area contributed by atoms with Crippen LogP contribution in [0.2, 0.25) is 0 Å². The van der Waals surface area contributed by atoms with Crippen LogP contribution in [0, 0.1) is 24.2 Å². The van der Waals surface area contributed by atoms with Crippen molar-refractivity contribution in [3.8, 4) is 6.07 Å². The molecule has 108 valence electrons. The fourth-order valence-corrected chi connectivity index (χ4v) is 2.92. The van der Waals surface area contributed by atoms with Gasteiger partial charge >= 0.3 is 0 Å². The average molecular weight is 271 g/mol. The zero-order chi connectivity index (χ0) is 14.5. The number of hydrogen-bond donors (Lipinski definition) is 1. The molecule has 0 aliphatic carbocycles. The maximum Gasteiger partial charge on any atom is 0.0994 e. The number of nitrogens with zero attached hydrogens (tertiary/aromatic N) is 2. The first kappa shape index (κ1) is 14.9. The molecule has 1 atom stereocenters. The van der Waals surface area contributed by atoms with Crippen LogP contribution in [-0.2, 0) is 0 Å². The Kier molecular flexibility index (Phi) is 5.03. The lowest BCUT2D eigenvalue weighted by molar-refractivity contribution is 0.371. The van der Waals surface area contributed by atoms with E-state index in [-0.39, 0.29) is 0 Å². The fraction of sp³-hybridized carbons (Fsp3) is 0.588. The molecule has 1 fully saturated rings. The minimum absolute atomic E-state index is 0.476. The number of nitriles is 1. The van der Waals surface area contributed by atoms with E-state index < -0.39 is 0 Å². The van der Waals surface area contributed by atoms with Gasteiger partial charge in [-0.1, -0.05) is 0 Å². The molecule has 0 amide bonds. The van der Waals surface area contributed by atoms with Crippen LogP contribution in [0.4, 0.5) is 5.69 Å². The van der Waals surface area contributed by atoms with Crippen molar-refractivity contribution in [3.63, 3.8) is 0 Å². The summed E-state index contributed by atoms with van der Waals surface area (Å²) in [5, 5.41) is 12.5. The molecule has 1 unspecified atom stereocenters. The lowest BCUT2D eigenvalue weighted by atomic mass is 9.98. The quantitative estimate of drug-likeness (QED) is 0.914. The van der Waals surface area contributed by atoms with Crippen LogP contribution in [0.15, 0.2) is 18.2 Å². The van der Waals surface area contributed by atoms with Crippen LogP contribution in [0.5, 0.6) is 0 Å². The Morgan fingerprint density at radius 1 is 1.45 bits per heavy atom. The van der Waals surface area contributed by atoms with Gasteiger partial charge in [0.15, 0.2) is 0 Å². The summed E-state index contributed by atoms with van der Waals surface area (Å²) in [7, 11) is 0. The zero-order valence-electron chi connectivity index (χ0n) is 12.8. The van der Waals surface area contributed by atoms with Crippen LogP contribution < -0.4 is 10.2 Å². The minimum Gasteiger partial charge on any atom is -0.369 e. The largest absolute Gasteiger partial charge is 0.369 e. The van der Waals surface area contributed by atoms with Crippen molar-refractivity contribution in [1.29, 1.82) is 5.26 Å². The van der Waals surface area contributed by atoms with Gasteiger partial charge in [-0.3, -0.25) is 0 Å². The van der Waals surface area contributed by atoms with Gasteiger partial charge in [0.05, 0.1) is 11.6 Å². The van der Waals surface area contributed by atoms with E-state index in [2.05, 4.69) is 42.3 Å². The predicted molar refractivity (Wildman–Crippen MR) is 84.0 cm³/mol. The Balaban J connectivity index is 2.15. The van der Waals surface area contributed by atoms with Crippen molar-refractivity contribution in [2.75, 3.05) is 24.5 Å². The van der Waals surface area contributed by atoms with E-state index in [1.54, 1.807) is 0 Å². The minimum atomic E-state index is 0.476. The summed E-state index contributed by atoms with van der Waals surface area (Å²) in [6.45, 7) is 9.87. The summed E-state index contributed by atoms with van der Waals surface area (Å²) >= 11 is 0. The van der Waals surface area contributed by atoms with E-state index in [9.17, 15) is 0 Å². The molecule has 1 N–H and O–H groups in total. The van der Waals surface area contributed by atoms with E-state index in [1.165, 1.54) is 18.5 Å². The lowest BCUT2D eigenvalue weighted by Crippen LogP contribution is -2.41. The van der Waals surface area contributed by atoms with Crippen molar-refractivity contribution >= 4 is 5.69 Å². The Bertz CT molecular complexity index is 481. The highest BCUT2D eigenvalue weighted by atomic mass is 15.2. The average Bonchev–Trinajstić information content (AvgIpc) is 2.45. The number of piperidine rings is 1. The third kappa shape index (κ3) is 3.52. The predicted octanol–water partition coefficient (Wildman–Crippen LogP) is 3.08. The van der Waals surface area contributed by atoms with Gasteiger partial charge in [-0.25, -0.2) is 0 Å². The van der Waals surface area contributed by atoms with Crippen LogP contribution in [0.1, 0.15) is 37.8 Å². The van der Waals surface area contributed by atoms with Crippen LogP contribution >= 0.6 is 0 Å². The highest BCUT2D eigenvalue weighted by Crippen LogP contribution is 2.23. The molecule has 1 aliphatic heterocycles. The molecular formula is C17H25N3. The molecule has 20 heavy (non-hydrogen) atoms. The first-order valence-electron chi connectivity index (χ1n) is 7.60. The smallest absolute Gasteiger partial charge is 0.0994 e. The number of benzene rings is 1. The summed E-state index contributed by atoms with van der Waals surface area (Å²) in [6, 6.07) is 8.90. The highest BCUT2D eigenvalue weighted by molar-refractivity contribution is 5.54. The van der Waals surface area contributed by atoms with Crippen molar-refractivity contribution < 1.29 is 0 Å². The van der Waals surface area contributed by atoms with E-state index >= 15 is 0 Å². The van der Waals surface area contributed by atoms with Crippen molar-refractivity contribution in [3.05, 3.63) is 29.3 Å². The van der Waals surface area contributed by atoms with Gasteiger partial charge in [-0.15, -0.1) is 0 Å². The van der Waals surface area contributed by atoms with Crippen molar-refractivity contribution in [2.45, 2.75) is 39.7 Å². The second-order valence-electron chi connectivity index (χ2n) is 6.07. The Morgan fingerprint density at radius 3 is 2.80 bits per heavy atom. The van der Waals surface area contributed by atoms with Crippen molar-refractivity contribution in [2.24, 2.45) is 5.92 Å². The van der Waals surface area contributed by atoms with Gasteiger partial charge in [0, 0.05) is 18.3 Å². The standard InChI is InChI=1S/C17H25N3/c1-13(2)20(12-15-5-4-8-19-11-15)17-7-6-16(10-18)14(3)9-17/h6-7,9,13,15,19H,4-5,8,11-12H2,1-3H3. The summed E-state index contributed by atoms with van der Waals surface area (Å²) < 4.78 is 0. The zero-order valence-corrected chi connectivity index (χ0v) is 12.8. The Hall–Kier alpha value is -1.53. The molecular weight excluding hydrogens is 246 g/mol. The molecule has 1 heterocycles. The second-order valence-corrected chi connectivity index (χ2v) is 6.07. The first-order chi connectivity index (χ1) is 9.61. The van der Waals surface area contributed by atoms with E-state index in [0.29, 0.717) is 6.04 Å². The van der Waals surface area contributed by atoms with E-state index in [1.807, 2.05) is 13.0 Å². The lowest BCUT2D eigenvalue weighted by Gasteiger charge is -2.34. The van der Waals surface area contributed by atoms with Crippen LogP contribution in [0.25, 0.3) is 0 Å². The van der Waals surface area contributed by atoms with E-state index in [0.717, 1.165) is 36.7 Å². The normalized spacial score (nSPS) is 18.9. The number of anilines is 1. The van der Waals surface area contributed by atoms with Gasteiger partial charge in [-0.2, -0.15) is 5.26 Å². The SMILES string of the molecule is Cc1cc(N(CC2CCCNC2)C(C)C)ccc1C#N. The Morgan fingerprint density at radius 2 is 2.25 bits per heavy atom. The third-order valence-electron chi connectivity index (χ3n) is 4.14. The molecule has 0 saturated carbocycles. The van der Waals surface area contributed by atoms with Gasteiger partial charge in [0.25, 0.3) is 0 Å². The summed E-state index contributed by atoms with van der Waals surface area (Å²) in [4.78, 5) is 2.46. The monoisotopic (exact) mass is 271 g/mol. The third-order valence-corrected chi connectivity index (χ3v) is 4.14. The molecule has 3 heteroatoms. The number of nitrogens with one attached hydrogen (secondary N) is 1. The molecule has 1 saturated heterocycles. The molecule has 0 bridgehead atoms. The van der Waals surface area contributed by atoms with Gasteiger partial charge in [0.2, 0.25) is 0 Å². The van der Waals surface area contributed by atoms with E-state index in [4.69, 9.17) is 5.26 Å². The molecule has 0 aromatic heterocycles. The maximum absolute atomic E-state index is 9.05. The van der Waals surface area contributed by atoms with Crippen LogP contribution in [-0.4, -0.2) is 25.7 Å². The summed E-state index contributed by atoms with van der Waals surface area (Å²) in [5.41, 5.74) is 3.08.